The van der Waals surface area contributed by atoms with E-state index >= 15 is 0 Å². The van der Waals surface area contributed by atoms with E-state index in [1.165, 1.54) is 22.3 Å². The van der Waals surface area contributed by atoms with E-state index in [2.05, 4.69) is 0 Å². The van der Waals surface area contributed by atoms with E-state index in [-0.39, 0.29) is 18.0 Å². The van der Waals surface area contributed by atoms with E-state index in [0.29, 0.717) is 11.3 Å². The first-order valence-electron chi connectivity index (χ1n) is 10.6. The van der Waals surface area contributed by atoms with Crippen molar-refractivity contribution in [2.75, 3.05) is 12.0 Å². The molecule has 176 valence electrons. The van der Waals surface area contributed by atoms with Crippen LogP contribution in [0.5, 0.6) is 11.5 Å². The maximum Gasteiger partial charge on any atom is 0.389 e. The van der Waals surface area contributed by atoms with Gasteiger partial charge < -0.3 is 14.7 Å². The maximum atomic E-state index is 13.0. The lowest BCUT2D eigenvalue weighted by Crippen LogP contribution is -2.31. The average Bonchev–Trinajstić information content (AvgIpc) is 3.24. The molecule has 0 atom stereocenters. The molecule has 0 aliphatic heterocycles. The van der Waals surface area contributed by atoms with Gasteiger partial charge in [-0.25, -0.2) is 0 Å². The minimum atomic E-state index is -4.45. The van der Waals surface area contributed by atoms with Crippen LogP contribution in [0.4, 0.5) is 18.9 Å². The van der Waals surface area contributed by atoms with Crippen LogP contribution in [-0.2, 0) is 11.3 Å². The molecule has 0 aliphatic rings. The van der Waals surface area contributed by atoms with Gasteiger partial charge in [0.15, 0.2) is 0 Å². The minimum Gasteiger partial charge on any atom is -0.506 e. The molecule has 0 radical (unpaired) electrons. The molecule has 1 heterocycles. The number of aromatic hydroxyl groups is 1. The Bertz CT molecular complexity index is 1280. The zero-order valence-corrected chi connectivity index (χ0v) is 19.1. The maximum absolute atomic E-state index is 13.0. The molecule has 0 fully saturated rings. The molecule has 0 saturated heterocycles. The molecule has 1 N–H and O–H groups in total. The van der Waals surface area contributed by atoms with Gasteiger partial charge in [0.25, 0.3) is 0 Å². The van der Waals surface area contributed by atoms with Crippen LogP contribution in [0.1, 0.15) is 17.7 Å². The molecule has 1 aromatic heterocycles. The Balaban J connectivity index is 1.73. The van der Waals surface area contributed by atoms with Gasteiger partial charge in [-0.15, -0.1) is 11.3 Å². The van der Waals surface area contributed by atoms with Gasteiger partial charge in [-0.2, -0.15) is 13.2 Å². The normalized spacial score (nSPS) is 11.5. The number of phenolic OH excluding ortho intramolecular Hbond substituents is 1. The summed E-state index contributed by atoms with van der Waals surface area (Å²) < 4.78 is 44.8. The first-order chi connectivity index (χ1) is 16.2. The molecule has 4 rings (SSSR count). The molecular weight excluding hydrogens is 463 g/mol. The van der Waals surface area contributed by atoms with Gasteiger partial charge in [-0.05, 0) is 52.9 Å². The second-order valence-electron chi connectivity index (χ2n) is 7.78. The van der Waals surface area contributed by atoms with Crippen LogP contribution in [0, 0.1) is 0 Å². The molecule has 8 heteroatoms. The topological polar surface area (TPSA) is 49.8 Å². The number of carbonyl (C=O) groups is 1. The summed E-state index contributed by atoms with van der Waals surface area (Å²) in [6.45, 7) is 0.0468. The lowest BCUT2D eigenvalue weighted by Gasteiger charge is -2.24. The van der Waals surface area contributed by atoms with Crippen LogP contribution in [0.15, 0.2) is 72.8 Å². The zero-order valence-electron chi connectivity index (χ0n) is 18.3. The van der Waals surface area contributed by atoms with Crippen LogP contribution < -0.4 is 9.64 Å². The zero-order chi connectivity index (χ0) is 24.3. The summed E-state index contributed by atoms with van der Waals surface area (Å²) in [5.74, 6) is -0.267. The van der Waals surface area contributed by atoms with Crippen molar-refractivity contribution < 1.29 is 27.8 Å². The molecule has 0 saturated carbocycles. The van der Waals surface area contributed by atoms with E-state index in [9.17, 15) is 23.1 Å². The molecule has 1 amide bonds. The highest BCUT2D eigenvalue weighted by Crippen LogP contribution is 2.37. The van der Waals surface area contributed by atoms with Crippen molar-refractivity contribution in [2.24, 2.45) is 0 Å². The number of rotatable bonds is 7. The molecule has 0 aliphatic carbocycles. The second-order valence-corrected chi connectivity index (χ2v) is 8.95. The molecular formula is C26H22F3NO3S. The predicted molar refractivity (Wildman–Crippen MR) is 128 cm³/mol. The van der Waals surface area contributed by atoms with Crippen molar-refractivity contribution in [3.63, 3.8) is 0 Å². The number of methoxy groups -OCH3 is 1. The first-order valence-corrected chi connectivity index (χ1v) is 11.4. The Morgan fingerprint density at radius 1 is 1.00 bits per heavy atom. The van der Waals surface area contributed by atoms with Crippen molar-refractivity contribution in [1.29, 1.82) is 0 Å². The number of hydrogen-bond acceptors (Lipinski definition) is 4. The lowest BCUT2D eigenvalue weighted by atomic mass is 10.0. The molecule has 0 bridgehead atoms. The number of alkyl halides is 3. The molecule has 4 aromatic rings. The third kappa shape index (κ3) is 5.51. The summed E-state index contributed by atoms with van der Waals surface area (Å²) in [5, 5.41) is 11.6. The predicted octanol–water partition coefficient (Wildman–Crippen LogP) is 7.16. The van der Waals surface area contributed by atoms with Crippen LogP contribution in [0.25, 0.3) is 21.2 Å². The monoisotopic (exact) mass is 485 g/mol. The Labute approximate surface area is 198 Å². The van der Waals surface area contributed by atoms with Crippen molar-refractivity contribution in [1.82, 2.24) is 0 Å². The highest BCUT2D eigenvalue weighted by molar-refractivity contribution is 7.19. The van der Waals surface area contributed by atoms with Crippen molar-refractivity contribution in [3.05, 3.63) is 77.7 Å². The van der Waals surface area contributed by atoms with Gasteiger partial charge in [0.1, 0.15) is 11.5 Å². The molecule has 0 unspecified atom stereocenters. The Morgan fingerprint density at radius 2 is 1.76 bits per heavy atom. The number of hydrogen-bond donors (Lipinski definition) is 1. The second kappa shape index (κ2) is 9.77. The summed E-state index contributed by atoms with van der Waals surface area (Å²) in [7, 11) is 1.55. The lowest BCUT2D eigenvalue weighted by molar-refractivity contribution is -0.143. The summed E-state index contributed by atoms with van der Waals surface area (Å²) in [6.07, 6.45) is -6.40. The highest BCUT2D eigenvalue weighted by atomic mass is 32.1. The Hall–Kier alpha value is -3.52. The van der Waals surface area contributed by atoms with E-state index in [4.69, 9.17) is 4.74 Å². The number of halogens is 3. The van der Waals surface area contributed by atoms with Gasteiger partial charge >= 0.3 is 6.18 Å². The third-order valence-electron chi connectivity index (χ3n) is 5.38. The molecule has 4 nitrogen and oxygen atoms in total. The first kappa shape index (κ1) is 23.6. The number of carbonyl (C=O) groups excluding carboxylic acids is 1. The smallest absolute Gasteiger partial charge is 0.389 e. The fourth-order valence-corrected chi connectivity index (χ4v) is 4.74. The van der Waals surface area contributed by atoms with Crippen molar-refractivity contribution in [3.8, 4) is 22.6 Å². The van der Waals surface area contributed by atoms with Crippen LogP contribution in [-0.4, -0.2) is 24.3 Å². The van der Waals surface area contributed by atoms with Crippen LogP contribution >= 0.6 is 11.3 Å². The molecule has 0 spiro atoms. The Kier molecular flexibility index (Phi) is 6.79. The van der Waals surface area contributed by atoms with Gasteiger partial charge in [0, 0.05) is 16.0 Å². The van der Waals surface area contributed by atoms with Crippen molar-refractivity contribution in [2.45, 2.75) is 25.6 Å². The fourth-order valence-electron chi connectivity index (χ4n) is 3.68. The number of thiophene rings is 1. The van der Waals surface area contributed by atoms with E-state index in [0.717, 1.165) is 20.5 Å². The van der Waals surface area contributed by atoms with Crippen molar-refractivity contribution >= 4 is 33.0 Å². The number of anilines is 1. The Morgan fingerprint density at radius 3 is 2.50 bits per heavy atom. The molecule has 34 heavy (non-hydrogen) atoms. The number of phenols is 1. The van der Waals surface area contributed by atoms with E-state index < -0.39 is 24.9 Å². The average molecular weight is 486 g/mol. The minimum absolute atomic E-state index is 0.0468. The summed E-state index contributed by atoms with van der Waals surface area (Å²) in [4.78, 5) is 15.0. The van der Waals surface area contributed by atoms with Gasteiger partial charge in [-0.3, -0.25) is 4.79 Å². The largest absolute Gasteiger partial charge is 0.506 e. The number of fused-ring (bicyclic) bond motifs is 1. The van der Waals surface area contributed by atoms with Crippen LogP contribution in [0.2, 0.25) is 0 Å². The van der Waals surface area contributed by atoms with Gasteiger partial charge in [-0.1, -0.05) is 36.4 Å². The summed E-state index contributed by atoms with van der Waals surface area (Å²) in [6, 6.07) is 21.6. The number of ether oxygens (including phenoxy) is 1. The quantitative estimate of drug-likeness (QED) is 0.302. The standard InChI is InChI=1S/C26H22F3NO3S/c1-33-20-7-4-6-17(13-20)18-9-10-23(31)22(15-18)30(25(32)11-12-26(27,28)29)16-21-14-19-5-2-3-8-24(19)34-21/h2-10,13-15,31H,11-12,16H2,1H3. The van der Waals surface area contributed by atoms with Gasteiger partial charge in [0.05, 0.1) is 25.8 Å². The fraction of sp³-hybridized carbons (Fsp3) is 0.192. The number of benzene rings is 3. The van der Waals surface area contributed by atoms with Gasteiger partial charge in [0.2, 0.25) is 5.91 Å². The summed E-state index contributed by atoms with van der Waals surface area (Å²) >= 11 is 1.46. The molecule has 3 aromatic carbocycles. The summed E-state index contributed by atoms with van der Waals surface area (Å²) in [5.41, 5.74) is 1.63. The SMILES string of the molecule is COc1cccc(-c2ccc(O)c(N(Cc3cc4ccccc4s3)C(=O)CCC(F)(F)F)c2)c1. The number of nitrogens with zero attached hydrogens (tertiary/aromatic N) is 1. The number of amides is 1. The van der Waals surface area contributed by atoms with E-state index in [1.807, 2.05) is 42.5 Å². The van der Waals surface area contributed by atoms with Crippen LogP contribution in [0.3, 0.4) is 0 Å². The van der Waals surface area contributed by atoms with E-state index in [1.54, 1.807) is 31.4 Å². The highest BCUT2D eigenvalue weighted by Gasteiger charge is 2.30. The third-order valence-corrected chi connectivity index (χ3v) is 6.48.